The van der Waals surface area contributed by atoms with Crippen LogP contribution in [-0.4, -0.2) is 13.3 Å². The van der Waals surface area contributed by atoms with Gasteiger partial charge in [-0.1, -0.05) is 56.2 Å². The molecule has 0 amide bonds. The van der Waals surface area contributed by atoms with E-state index >= 15 is 0 Å². The zero-order valence-corrected chi connectivity index (χ0v) is 11.8. The molecule has 0 unspecified atom stereocenters. The molecule has 0 bridgehead atoms. The van der Waals surface area contributed by atoms with E-state index in [0.717, 1.165) is 17.6 Å². The van der Waals surface area contributed by atoms with Crippen LogP contribution in [0.3, 0.4) is 0 Å². The molecule has 0 aliphatic rings. The minimum atomic E-state index is 0.898. The van der Waals surface area contributed by atoms with Crippen LogP contribution >= 0.6 is 0 Å². The zero-order valence-electron chi connectivity index (χ0n) is 11.8. The molecule has 0 saturated heterocycles. The number of aliphatic imine (C=N–C) groups is 1. The zero-order chi connectivity index (χ0) is 14.3. The van der Waals surface area contributed by atoms with Gasteiger partial charge in [0, 0.05) is 24.4 Å². The number of nitrogens with zero attached hydrogens (tertiary/aromatic N) is 1. The SMILES string of the molecule is C=C/C=C\C(C#CC(/C=C\C=N\C)=C/CC)=C/C=C. The monoisotopic (exact) mass is 251 g/mol. The van der Waals surface area contributed by atoms with Gasteiger partial charge >= 0.3 is 0 Å². The van der Waals surface area contributed by atoms with Crippen molar-refractivity contribution in [3.63, 3.8) is 0 Å². The van der Waals surface area contributed by atoms with Gasteiger partial charge in [0.2, 0.25) is 0 Å². The molecular formula is C18H21N. The lowest BCUT2D eigenvalue weighted by Gasteiger charge is -1.90. The van der Waals surface area contributed by atoms with Gasteiger partial charge in [-0.2, -0.15) is 0 Å². The van der Waals surface area contributed by atoms with E-state index < -0.39 is 0 Å². The van der Waals surface area contributed by atoms with Crippen LogP contribution in [0, 0.1) is 11.8 Å². The van der Waals surface area contributed by atoms with Crippen molar-refractivity contribution < 1.29 is 0 Å². The Balaban J connectivity index is 5.11. The average Bonchev–Trinajstić information content (AvgIpc) is 2.42. The molecule has 0 N–H and O–H groups in total. The molecule has 0 saturated carbocycles. The summed E-state index contributed by atoms with van der Waals surface area (Å²) in [4.78, 5) is 3.90. The van der Waals surface area contributed by atoms with Crippen LogP contribution in [0.1, 0.15) is 13.3 Å². The third kappa shape index (κ3) is 9.38. The Labute approximate surface area is 117 Å². The number of hydrogen-bond donors (Lipinski definition) is 0. The normalized spacial score (nSPS) is 12.9. The smallest absolute Gasteiger partial charge is 0.0277 e. The highest BCUT2D eigenvalue weighted by Gasteiger charge is 1.86. The van der Waals surface area contributed by atoms with Gasteiger partial charge in [0.15, 0.2) is 0 Å². The molecule has 0 aromatic carbocycles. The third-order valence-corrected chi connectivity index (χ3v) is 2.00. The van der Waals surface area contributed by atoms with E-state index in [-0.39, 0.29) is 0 Å². The van der Waals surface area contributed by atoms with Crippen molar-refractivity contribution in [1.29, 1.82) is 0 Å². The molecular weight excluding hydrogens is 230 g/mol. The van der Waals surface area contributed by atoms with Gasteiger partial charge in [-0.25, -0.2) is 0 Å². The first-order valence-electron chi connectivity index (χ1n) is 6.21. The summed E-state index contributed by atoms with van der Waals surface area (Å²) in [6, 6.07) is 0. The van der Waals surface area contributed by atoms with Crippen LogP contribution in [0.25, 0.3) is 0 Å². The van der Waals surface area contributed by atoms with Crippen LogP contribution in [0.15, 0.2) is 77.9 Å². The van der Waals surface area contributed by atoms with Crippen molar-refractivity contribution in [1.82, 2.24) is 0 Å². The Morgan fingerprint density at radius 1 is 1.05 bits per heavy atom. The highest BCUT2D eigenvalue weighted by atomic mass is 14.6. The van der Waals surface area contributed by atoms with E-state index in [2.05, 4.69) is 43.0 Å². The van der Waals surface area contributed by atoms with E-state index in [1.807, 2.05) is 30.4 Å². The molecule has 0 aromatic heterocycles. The van der Waals surface area contributed by atoms with Crippen molar-refractivity contribution in [2.45, 2.75) is 13.3 Å². The molecule has 0 atom stereocenters. The van der Waals surface area contributed by atoms with E-state index in [1.54, 1.807) is 25.4 Å². The molecule has 0 fully saturated rings. The van der Waals surface area contributed by atoms with Gasteiger partial charge in [-0.05, 0) is 30.7 Å². The van der Waals surface area contributed by atoms with Crippen molar-refractivity contribution in [3.8, 4) is 11.8 Å². The molecule has 0 spiro atoms. The van der Waals surface area contributed by atoms with Gasteiger partial charge < -0.3 is 0 Å². The summed E-state index contributed by atoms with van der Waals surface area (Å²) in [5.41, 5.74) is 1.87. The van der Waals surface area contributed by atoms with Gasteiger partial charge in [0.05, 0.1) is 0 Å². The Bertz CT molecular complexity index is 486. The Hall–Kier alpha value is -2.33. The second kappa shape index (κ2) is 12.1. The van der Waals surface area contributed by atoms with Gasteiger partial charge in [0.1, 0.15) is 0 Å². The second-order valence-electron chi connectivity index (χ2n) is 3.54. The van der Waals surface area contributed by atoms with Crippen LogP contribution < -0.4 is 0 Å². The molecule has 0 rings (SSSR count). The number of rotatable bonds is 6. The fourth-order valence-electron chi connectivity index (χ4n) is 1.20. The van der Waals surface area contributed by atoms with Gasteiger partial charge in [0.25, 0.3) is 0 Å². The summed E-state index contributed by atoms with van der Waals surface area (Å²) in [6.07, 6.45) is 17.7. The first-order chi connectivity index (χ1) is 9.28. The largest absolute Gasteiger partial charge is 0.297 e. The number of hydrogen-bond acceptors (Lipinski definition) is 1. The summed E-state index contributed by atoms with van der Waals surface area (Å²) in [5, 5.41) is 0. The maximum Gasteiger partial charge on any atom is 0.0277 e. The van der Waals surface area contributed by atoms with Gasteiger partial charge in [-0.15, -0.1) is 0 Å². The average molecular weight is 251 g/mol. The fraction of sp³-hybridized carbons (Fsp3) is 0.167. The van der Waals surface area contributed by atoms with Crippen molar-refractivity contribution in [2.75, 3.05) is 7.05 Å². The van der Waals surface area contributed by atoms with Gasteiger partial charge in [-0.3, -0.25) is 4.99 Å². The molecule has 98 valence electrons. The predicted molar refractivity (Wildman–Crippen MR) is 87.3 cm³/mol. The van der Waals surface area contributed by atoms with E-state index in [4.69, 9.17) is 0 Å². The first kappa shape index (κ1) is 16.7. The molecule has 0 aliphatic heterocycles. The summed E-state index contributed by atoms with van der Waals surface area (Å²) < 4.78 is 0. The summed E-state index contributed by atoms with van der Waals surface area (Å²) in [7, 11) is 1.74. The predicted octanol–water partition coefficient (Wildman–Crippen LogP) is 4.44. The molecule has 19 heavy (non-hydrogen) atoms. The van der Waals surface area contributed by atoms with E-state index in [0.29, 0.717) is 0 Å². The van der Waals surface area contributed by atoms with E-state index in [9.17, 15) is 0 Å². The summed E-state index contributed by atoms with van der Waals surface area (Å²) >= 11 is 0. The lowest BCUT2D eigenvalue weighted by atomic mass is 10.1. The maximum atomic E-state index is 3.90. The minimum absolute atomic E-state index is 0.898. The van der Waals surface area contributed by atoms with Crippen LogP contribution in [0.5, 0.6) is 0 Å². The Kier molecular flexibility index (Phi) is 10.6. The number of allylic oxidation sites excluding steroid dienone is 10. The topological polar surface area (TPSA) is 12.4 Å². The van der Waals surface area contributed by atoms with Crippen molar-refractivity contribution in [3.05, 3.63) is 72.9 Å². The third-order valence-electron chi connectivity index (χ3n) is 2.00. The van der Waals surface area contributed by atoms with Crippen molar-refractivity contribution >= 4 is 6.21 Å². The van der Waals surface area contributed by atoms with Crippen LogP contribution in [-0.2, 0) is 0 Å². The second-order valence-corrected chi connectivity index (χ2v) is 3.54. The highest BCUT2D eigenvalue weighted by Crippen LogP contribution is 2.01. The minimum Gasteiger partial charge on any atom is -0.297 e. The quantitative estimate of drug-likeness (QED) is 0.376. The molecule has 0 aliphatic carbocycles. The summed E-state index contributed by atoms with van der Waals surface area (Å²) in [5.74, 6) is 6.24. The molecule has 1 heteroatoms. The highest BCUT2D eigenvalue weighted by molar-refractivity contribution is 5.72. The molecule has 1 nitrogen and oxygen atoms in total. The lowest BCUT2D eigenvalue weighted by molar-refractivity contribution is 1.21. The molecule has 0 radical (unpaired) electrons. The first-order valence-corrected chi connectivity index (χ1v) is 6.21. The van der Waals surface area contributed by atoms with Crippen LogP contribution in [0.2, 0.25) is 0 Å². The summed E-state index contributed by atoms with van der Waals surface area (Å²) in [6.45, 7) is 9.41. The lowest BCUT2D eigenvalue weighted by Crippen LogP contribution is -1.76. The van der Waals surface area contributed by atoms with E-state index in [1.165, 1.54) is 0 Å². The Morgan fingerprint density at radius 3 is 2.32 bits per heavy atom. The Morgan fingerprint density at radius 2 is 1.74 bits per heavy atom. The molecule has 0 aromatic rings. The maximum absolute atomic E-state index is 3.90. The van der Waals surface area contributed by atoms with Crippen LogP contribution in [0.4, 0.5) is 0 Å². The molecule has 0 heterocycles. The standard InChI is InChI=1S/C18H21N/c1-5-8-12-17(10-6-2)14-15-18(11-7-3)13-9-16-19-4/h5-6,8-13,16H,1-2,7H2,3-4H3/b12-8-,13-9-,17-10+,18-11+,19-16+. The van der Waals surface area contributed by atoms with Crippen molar-refractivity contribution in [2.24, 2.45) is 4.99 Å². The fourth-order valence-corrected chi connectivity index (χ4v) is 1.20.